The number of amides is 2. The molecule has 6 heteroatoms. The minimum Gasteiger partial charge on any atom is -0.372 e. The highest BCUT2D eigenvalue weighted by Gasteiger charge is 2.48. The van der Waals surface area contributed by atoms with Gasteiger partial charge in [-0.3, -0.25) is 9.59 Å². The Balaban J connectivity index is 1.30. The zero-order valence-electron chi connectivity index (χ0n) is 15.9. The van der Waals surface area contributed by atoms with Crippen LogP contribution in [-0.2, 0) is 9.59 Å². The predicted molar refractivity (Wildman–Crippen MR) is 113 cm³/mol. The van der Waals surface area contributed by atoms with Crippen molar-refractivity contribution in [3.05, 3.63) is 53.1 Å². The van der Waals surface area contributed by atoms with Crippen LogP contribution in [0.15, 0.2) is 42.5 Å². The minimum absolute atomic E-state index is 0.101. The summed E-state index contributed by atoms with van der Waals surface area (Å²) in [5.41, 5.74) is 3.57. The fourth-order valence-electron chi connectivity index (χ4n) is 3.65. The van der Waals surface area contributed by atoms with Crippen LogP contribution in [-0.4, -0.2) is 24.9 Å². The van der Waals surface area contributed by atoms with E-state index in [0.29, 0.717) is 17.1 Å². The fraction of sp³-hybridized carbons (Fsp3) is 0.364. The molecule has 2 aromatic carbocycles. The van der Waals surface area contributed by atoms with Crippen molar-refractivity contribution in [1.29, 1.82) is 0 Å². The van der Waals surface area contributed by atoms with E-state index in [-0.39, 0.29) is 23.7 Å². The number of carbonyl (C=O) groups is 2. The highest BCUT2D eigenvalue weighted by molar-refractivity contribution is 6.31. The highest BCUT2D eigenvalue weighted by atomic mass is 35.5. The summed E-state index contributed by atoms with van der Waals surface area (Å²) in [6.45, 7) is 4.10. The van der Waals surface area contributed by atoms with Crippen molar-refractivity contribution in [3.8, 4) is 0 Å². The first-order chi connectivity index (χ1) is 13.5. The predicted octanol–water partition coefficient (Wildman–Crippen LogP) is 4.46. The lowest BCUT2D eigenvalue weighted by atomic mass is 10.2. The second kappa shape index (κ2) is 7.84. The summed E-state index contributed by atoms with van der Waals surface area (Å²) in [5.74, 6) is -0.802. The van der Waals surface area contributed by atoms with Gasteiger partial charge in [0, 0.05) is 35.2 Å². The van der Waals surface area contributed by atoms with Gasteiger partial charge >= 0.3 is 0 Å². The molecule has 5 nitrogen and oxygen atoms in total. The number of hydrogen-bond donors (Lipinski definition) is 2. The van der Waals surface area contributed by atoms with E-state index in [4.69, 9.17) is 11.6 Å². The van der Waals surface area contributed by atoms with E-state index in [1.54, 1.807) is 6.07 Å². The number of carbonyl (C=O) groups excluding carboxylic acids is 2. The number of rotatable bonds is 5. The van der Waals surface area contributed by atoms with E-state index < -0.39 is 0 Å². The molecule has 1 saturated carbocycles. The Morgan fingerprint density at radius 1 is 0.929 bits per heavy atom. The van der Waals surface area contributed by atoms with Crippen molar-refractivity contribution in [3.63, 3.8) is 0 Å². The van der Waals surface area contributed by atoms with E-state index in [9.17, 15) is 9.59 Å². The SMILES string of the molecule is Cc1ccc(NC(=O)C2CC2C(=O)Nc2ccc(N3CCCC3)cc2)cc1Cl. The maximum Gasteiger partial charge on any atom is 0.228 e. The summed E-state index contributed by atoms with van der Waals surface area (Å²) in [5, 5.41) is 6.39. The van der Waals surface area contributed by atoms with Gasteiger partial charge in [0.25, 0.3) is 0 Å². The lowest BCUT2D eigenvalue weighted by molar-refractivity contribution is -0.122. The fourth-order valence-corrected chi connectivity index (χ4v) is 3.83. The lowest BCUT2D eigenvalue weighted by Crippen LogP contribution is -2.21. The number of hydrogen-bond acceptors (Lipinski definition) is 3. The normalized spacial score (nSPS) is 20.7. The molecule has 0 bridgehead atoms. The van der Waals surface area contributed by atoms with Crippen LogP contribution in [0.2, 0.25) is 5.02 Å². The number of nitrogens with one attached hydrogen (secondary N) is 2. The third-order valence-electron chi connectivity index (χ3n) is 5.51. The molecule has 1 aliphatic carbocycles. The van der Waals surface area contributed by atoms with E-state index in [1.165, 1.54) is 18.5 Å². The molecule has 2 amide bonds. The molecule has 4 rings (SSSR count). The van der Waals surface area contributed by atoms with Gasteiger partial charge in [0.05, 0.1) is 11.8 Å². The maximum absolute atomic E-state index is 12.5. The van der Waals surface area contributed by atoms with Crippen molar-refractivity contribution in [2.24, 2.45) is 11.8 Å². The molecule has 146 valence electrons. The average molecular weight is 398 g/mol. The summed E-state index contributed by atoms with van der Waals surface area (Å²) in [7, 11) is 0. The van der Waals surface area contributed by atoms with Crippen LogP contribution in [0.25, 0.3) is 0 Å². The van der Waals surface area contributed by atoms with Gasteiger partial charge in [-0.05, 0) is 68.1 Å². The van der Waals surface area contributed by atoms with E-state index in [1.807, 2.05) is 43.3 Å². The smallest absolute Gasteiger partial charge is 0.228 e. The van der Waals surface area contributed by atoms with Crippen molar-refractivity contribution < 1.29 is 9.59 Å². The van der Waals surface area contributed by atoms with E-state index in [2.05, 4.69) is 15.5 Å². The number of aryl methyl sites for hydroxylation is 1. The van der Waals surface area contributed by atoms with Gasteiger partial charge in [-0.1, -0.05) is 17.7 Å². The largest absolute Gasteiger partial charge is 0.372 e. The molecule has 2 aliphatic rings. The number of halogens is 1. The zero-order valence-corrected chi connectivity index (χ0v) is 16.6. The Kier molecular flexibility index (Phi) is 5.27. The second-order valence-electron chi connectivity index (χ2n) is 7.63. The maximum atomic E-state index is 12.5. The number of nitrogens with zero attached hydrogens (tertiary/aromatic N) is 1. The minimum atomic E-state index is -0.288. The second-order valence-corrected chi connectivity index (χ2v) is 8.04. The van der Waals surface area contributed by atoms with Crippen molar-refractivity contribution in [1.82, 2.24) is 0 Å². The summed E-state index contributed by atoms with van der Waals surface area (Å²) in [4.78, 5) is 27.2. The Morgan fingerprint density at radius 2 is 1.50 bits per heavy atom. The van der Waals surface area contributed by atoms with Gasteiger partial charge in [-0.15, -0.1) is 0 Å². The third kappa shape index (κ3) is 4.14. The summed E-state index contributed by atoms with van der Waals surface area (Å²) < 4.78 is 0. The van der Waals surface area contributed by atoms with Gasteiger partial charge in [0.1, 0.15) is 0 Å². The highest BCUT2D eigenvalue weighted by Crippen LogP contribution is 2.40. The molecular formula is C22H24ClN3O2. The average Bonchev–Trinajstić information content (AvgIpc) is 3.31. The van der Waals surface area contributed by atoms with Gasteiger partial charge < -0.3 is 15.5 Å². The quantitative estimate of drug-likeness (QED) is 0.782. The van der Waals surface area contributed by atoms with Crippen molar-refractivity contribution in [2.75, 3.05) is 28.6 Å². The van der Waals surface area contributed by atoms with Crippen LogP contribution >= 0.6 is 11.6 Å². The molecule has 2 fully saturated rings. The first-order valence-corrected chi connectivity index (χ1v) is 10.1. The lowest BCUT2D eigenvalue weighted by Gasteiger charge is -2.17. The molecule has 2 N–H and O–H groups in total. The standard InChI is InChI=1S/C22H24ClN3O2/c1-14-4-5-16(12-20(14)23)25-22(28)19-13-18(19)21(27)24-15-6-8-17(9-7-15)26-10-2-3-11-26/h4-9,12,18-19H,2-3,10-11,13H2,1H3,(H,24,27)(H,25,28). The Bertz CT molecular complexity index is 891. The number of benzene rings is 2. The molecule has 1 heterocycles. The number of anilines is 3. The first kappa shape index (κ1) is 18.8. The molecule has 2 aromatic rings. The summed E-state index contributed by atoms with van der Waals surface area (Å²) in [6.07, 6.45) is 3.04. The van der Waals surface area contributed by atoms with E-state index >= 15 is 0 Å². The van der Waals surface area contributed by atoms with Gasteiger partial charge in [0.15, 0.2) is 0 Å². The third-order valence-corrected chi connectivity index (χ3v) is 5.92. The van der Waals surface area contributed by atoms with Crippen molar-refractivity contribution >= 4 is 40.5 Å². The van der Waals surface area contributed by atoms with Crippen molar-refractivity contribution in [2.45, 2.75) is 26.2 Å². The van der Waals surface area contributed by atoms with Crippen LogP contribution < -0.4 is 15.5 Å². The molecule has 2 atom stereocenters. The van der Waals surface area contributed by atoms with Crippen LogP contribution in [0.5, 0.6) is 0 Å². The molecule has 28 heavy (non-hydrogen) atoms. The molecule has 1 aliphatic heterocycles. The topological polar surface area (TPSA) is 61.4 Å². The van der Waals surface area contributed by atoms with E-state index in [0.717, 1.165) is 24.3 Å². The van der Waals surface area contributed by atoms with Crippen LogP contribution in [0.1, 0.15) is 24.8 Å². The first-order valence-electron chi connectivity index (χ1n) is 9.74. The summed E-state index contributed by atoms with van der Waals surface area (Å²) in [6, 6.07) is 13.3. The van der Waals surface area contributed by atoms with Gasteiger partial charge in [-0.25, -0.2) is 0 Å². The monoisotopic (exact) mass is 397 g/mol. The van der Waals surface area contributed by atoms with Crippen LogP contribution in [0.4, 0.5) is 17.1 Å². The van der Waals surface area contributed by atoms with Gasteiger partial charge in [-0.2, -0.15) is 0 Å². The molecule has 0 radical (unpaired) electrons. The molecule has 1 saturated heterocycles. The zero-order chi connectivity index (χ0) is 19.7. The Hall–Kier alpha value is -2.53. The molecular weight excluding hydrogens is 374 g/mol. The Labute approximate surface area is 170 Å². The Morgan fingerprint density at radius 3 is 2.11 bits per heavy atom. The van der Waals surface area contributed by atoms with Gasteiger partial charge in [0.2, 0.25) is 11.8 Å². The van der Waals surface area contributed by atoms with Crippen LogP contribution in [0, 0.1) is 18.8 Å². The molecule has 2 unspecified atom stereocenters. The van der Waals surface area contributed by atoms with Crippen LogP contribution in [0.3, 0.4) is 0 Å². The molecule has 0 aromatic heterocycles. The summed E-state index contributed by atoms with van der Waals surface area (Å²) >= 11 is 6.10. The molecule has 0 spiro atoms.